The van der Waals surface area contributed by atoms with Crippen LogP contribution in [0.15, 0.2) is 77.5 Å². The van der Waals surface area contributed by atoms with Crippen LogP contribution in [0.4, 0.5) is 5.69 Å². The van der Waals surface area contributed by atoms with Crippen LogP contribution in [-0.4, -0.2) is 16.9 Å². The van der Waals surface area contributed by atoms with Crippen molar-refractivity contribution >= 4 is 33.5 Å². The monoisotopic (exact) mass is 424 g/mol. The van der Waals surface area contributed by atoms with Gasteiger partial charge in [0.05, 0.1) is 12.0 Å². The van der Waals surface area contributed by atoms with Gasteiger partial charge in [0.25, 0.3) is 0 Å². The van der Waals surface area contributed by atoms with Crippen molar-refractivity contribution in [3.8, 4) is 0 Å². The first-order valence-corrected chi connectivity index (χ1v) is 9.10. The number of pyridine rings is 1. The Kier molecular flexibility index (Phi) is 6.33. The van der Waals surface area contributed by atoms with E-state index in [0.29, 0.717) is 11.3 Å². The van der Waals surface area contributed by atoms with Crippen LogP contribution in [0.3, 0.4) is 0 Å². The lowest BCUT2D eigenvalue weighted by molar-refractivity contribution is -0.115. The first-order chi connectivity index (χ1) is 13.1. The second-order valence-electron chi connectivity index (χ2n) is 5.87. The summed E-state index contributed by atoms with van der Waals surface area (Å²) in [6.07, 6.45) is 3.56. The number of carbonyl (C=O) groups is 2. The lowest BCUT2D eigenvalue weighted by atomic mass is 10.1. The van der Waals surface area contributed by atoms with Crippen molar-refractivity contribution in [3.63, 3.8) is 0 Å². The fourth-order valence-corrected chi connectivity index (χ4v) is 2.70. The summed E-state index contributed by atoms with van der Waals surface area (Å²) >= 11 is 3.37. The molecule has 5 nitrogen and oxygen atoms in total. The smallest absolute Gasteiger partial charge is 0.338 e. The molecule has 6 heteroatoms. The minimum absolute atomic E-state index is 0.146. The third-order valence-corrected chi connectivity index (χ3v) is 4.28. The van der Waals surface area contributed by atoms with Gasteiger partial charge in [0, 0.05) is 28.1 Å². The normalized spacial score (nSPS) is 10.3. The maximum absolute atomic E-state index is 12.2. The quantitative estimate of drug-likeness (QED) is 0.596. The summed E-state index contributed by atoms with van der Waals surface area (Å²) in [5.74, 6) is -0.610. The molecule has 0 saturated heterocycles. The highest BCUT2D eigenvalue weighted by atomic mass is 79.9. The first-order valence-electron chi connectivity index (χ1n) is 8.30. The van der Waals surface area contributed by atoms with Gasteiger partial charge >= 0.3 is 5.97 Å². The molecule has 27 heavy (non-hydrogen) atoms. The van der Waals surface area contributed by atoms with Gasteiger partial charge in [0.1, 0.15) is 6.61 Å². The van der Waals surface area contributed by atoms with Crippen molar-refractivity contribution in [2.45, 2.75) is 13.0 Å². The number of nitrogens with zero attached hydrogens (tertiary/aromatic N) is 1. The second kappa shape index (κ2) is 9.09. The molecule has 0 aliphatic carbocycles. The zero-order valence-corrected chi connectivity index (χ0v) is 16.0. The van der Waals surface area contributed by atoms with Gasteiger partial charge in [-0.1, -0.05) is 40.2 Å². The summed E-state index contributed by atoms with van der Waals surface area (Å²) in [4.78, 5) is 28.4. The van der Waals surface area contributed by atoms with Crippen LogP contribution in [0.25, 0.3) is 0 Å². The summed E-state index contributed by atoms with van der Waals surface area (Å²) in [5, 5.41) is 2.81. The van der Waals surface area contributed by atoms with E-state index >= 15 is 0 Å². The van der Waals surface area contributed by atoms with Gasteiger partial charge in [-0.2, -0.15) is 0 Å². The Balaban J connectivity index is 1.58. The van der Waals surface area contributed by atoms with E-state index in [4.69, 9.17) is 4.74 Å². The van der Waals surface area contributed by atoms with Crippen LogP contribution in [0.1, 0.15) is 21.5 Å². The van der Waals surface area contributed by atoms with Gasteiger partial charge in [0.15, 0.2) is 0 Å². The zero-order chi connectivity index (χ0) is 19.1. The zero-order valence-electron chi connectivity index (χ0n) is 14.4. The van der Waals surface area contributed by atoms with Crippen molar-refractivity contribution in [3.05, 3.63) is 94.2 Å². The Hall–Kier alpha value is -2.99. The predicted molar refractivity (Wildman–Crippen MR) is 106 cm³/mol. The van der Waals surface area contributed by atoms with Crippen LogP contribution in [-0.2, 0) is 22.6 Å². The standard InChI is InChI=1S/C21H17BrN2O3/c22-18-8-6-15(7-9-18)11-20(25)24-19-5-1-4-17(12-19)21(26)27-14-16-3-2-10-23-13-16/h1-10,12-13H,11,14H2,(H,24,25). The van der Waals surface area contributed by atoms with E-state index in [2.05, 4.69) is 26.2 Å². The maximum atomic E-state index is 12.2. The van der Waals surface area contributed by atoms with E-state index in [1.54, 1.807) is 42.7 Å². The van der Waals surface area contributed by atoms with Crippen LogP contribution in [0, 0.1) is 0 Å². The number of halogens is 1. The van der Waals surface area contributed by atoms with E-state index in [-0.39, 0.29) is 18.9 Å². The molecule has 0 bridgehead atoms. The minimum Gasteiger partial charge on any atom is -0.457 e. The molecule has 1 aromatic heterocycles. The summed E-state index contributed by atoms with van der Waals surface area (Å²) in [7, 11) is 0. The largest absolute Gasteiger partial charge is 0.457 e. The Morgan fingerprint density at radius 2 is 1.81 bits per heavy atom. The molecule has 0 unspecified atom stereocenters. The lowest BCUT2D eigenvalue weighted by Gasteiger charge is -2.08. The molecule has 0 saturated carbocycles. The van der Waals surface area contributed by atoms with E-state index < -0.39 is 5.97 Å². The van der Waals surface area contributed by atoms with Gasteiger partial charge in [0.2, 0.25) is 5.91 Å². The number of aromatic nitrogens is 1. The average Bonchev–Trinajstić information content (AvgIpc) is 2.69. The topological polar surface area (TPSA) is 68.3 Å². The highest BCUT2D eigenvalue weighted by molar-refractivity contribution is 9.10. The molecular formula is C21H17BrN2O3. The fraction of sp³-hybridized carbons (Fsp3) is 0.0952. The Labute approximate surface area is 165 Å². The number of benzene rings is 2. The number of hydrogen-bond donors (Lipinski definition) is 1. The van der Waals surface area contributed by atoms with Gasteiger partial charge in [-0.25, -0.2) is 4.79 Å². The molecule has 1 amide bonds. The summed E-state index contributed by atoms with van der Waals surface area (Å²) in [6.45, 7) is 0.146. The maximum Gasteiger partial charge on any atom is 0.338 e. The number of rotatable bonds is 6. The van der Waals surface area contributed by atoms with Crippen LogP contribution >= 0.6 is 15.9 Å². The van der Waals surface area contributed by atoms with Crippen LogP contribution in [0.2, 0.25) is 0 Å². The lowest BCUT2D eigenvalue weighted by Crippen LogP contribution is -2.15. The molecule has 3 aromatic rings. The van der Waals surface area contributed by atoms with Crippen molar-refractivity contribution in [2.75, 3.05) is 5.32 Å². The molecule has 0 spiro atoms. The van der Waals surface area contributed by atoms with Crippen molar-refractivity contribution in [1.29, 1.82) is 0 Å². The summed E-state index contributed by atoms with van der Waals surface area (Å²) in [6, 6.07) is 17.9. The first kappa shape index (κ1) is 18.8. The van der Waals surface area contributed by atoms with Crippen molar-refractivity contribution in [1.82, 2.24) is 4.98 Å². The Morgan fingerprint density at radius 3 is 2.56 bits per heavy atom. The highest BCUT2D eigenvalue weighted by Crippen LogP contribution is 2.15. The molecule has 0 aliphatic heterocycles. The SMILES string of the molecule is O=C(Cc1ccc(Br)cc1)Nc1cccc(C(=O)OCc2cccnc2)c1. The van der Waals surface area contributed by atoms with Crippen LogP contribution < -0.4 is 5.32 Å². The van der Waals surface area contributed by atoms with Gasteiger partial charge in [-0.3, -0.25) is 9.78 Å². The van der Waals surface area contributed by atoms with E-state index in [1.165, 1.54) is 0 Å². The third kappa shape index (κ3) is 5.76. The number of ether oxygens (including phenoxy) is 1. The molecule has 136 valence electrons. The average molecular weight is 425 g/mol. The molecule has 0 radical (unpaired) electrons. The number of anilines is 1. The van der Waals surface area contributed by atoms with E-state index in [9.17, 15) is 9.59 Å². The van der Waals surface area contributed by atoms with Crippen molar-refractivity contribution < 1.29 is 14.3 Å². The molecule has 3 rings (SSSR count). The Morgan fingerprint density at radius 1 is 1.00 bits per heavy atom. The van der Waals surface area contributed by atoms with E-state index in [1.807, 2.05) is 30.3 Å². The molecular weight excluding hydrogens is 408 g/mol. The fourth-order valence-electron chi connectivity index (χ4n) is 2.43. The number of carbonyl (C=O) groups excluding carboxylic acids is 2. The summed E-state index contributed by atoms with van der Waals surface area (Å²) < 4.78 is 6.25. The van der Waals surface area contributed by atoms with E-state index in [0.717, 1.165) is 15.6 Å². The van der Waals surface area contributed by atoms with Crippen molar-refractivity contribution in [2.24, 2.45) is 0 Å². The Bertz CT molecular complexity index is 928. The van der Waals surface area contributed by atoms with Gasteiger partial charge in [-0.15, -0.1) is 0 Å². The van der Waals surface area contributed by atoms with Crippen LogP contribution in [0.5, 0.6) is 0 Å². The number of nitrogens with one attached hydrogen (secondary N) is 1. The molecule has 0 atom stereocenters. The second-order valence-corrected chi connectivity index (χ2v) is 6.79. The highest BCUT2D eigenvalue weighted by Gasteiger charge is 2.10. The number of hydrogen-bond acceptors (Lipinski definition) is 4. The molecule has 0 aliphatic rings. The van der Waals surface area contributed by atoms with Gasteiger partial charge in [-0.05, 0) is 42.0 Å². The predicted octanol–water partition coefficient (Wildman–Crippen LogP) is 4.38. The third-order valence-electron chi connectivity index (χ3n) is 3.75. The molecule has 0 fully saturated rings. The molecule has 1 heterocycles. The molecule has 1 N–H and O–H groups in total. The number of esters is 1. The molecule has 2 aromatic carbocycles. The van der Waals surface area contributed by atoms with Gasteiger partial charge < -0.3 is 10.1 Å². The summed E-state index contributed by atoms with van der Waals surface area (Å²) in [5.41, 5.74) is 2.64. The minimum atomic E-state index is -0.456. The number of amides is 1.